The van der Waals surface area contributed by atoms with E-state index in [1.807, 2.05) is 0 Å². The summed E-state index contributed by atoms with van der Waals surface area (Å²) < 4.78 is 39.7. The molecular weight excluding hydrogens is 1000 g/mol. The van der Waals surface area contributed by atoms with Crippen LogP contribution < -0.4 is 0 Å². The molecule has 0 bridgehead atoms. The molecule has 78 heavy (non-hydrogen) atoms. The molecule has 3 atom stereocenters. The first-order valence-corrected chi connectivity index (χ1v) is 33.7. The van der Waals surface area contributed by atoms with Crippen molar-refractivity contribution >= 4 is 25.7 Å². The number of hydrogen-bond acceptors (Lipinski definition) is 10. The zero-order valence-electron chi connectivity index (χ0n) is 50.4. The van der Waals surface area contributed by atoms with Crippen molar-refractivity contribution in [1.82, 2.24) is 0 Å². The van der Waals surface area contributed by atoms with E-state index in [0.717, 1.165) is 109 Å². The van der Waals surface area contributed by atoms with Crippen LogP contribution in [0.4, 0.5) is 0 Å². The number of carbonyl (C=O) groups excluding carboxylic acids is 3. The van der Waals surface area contributed by atoms with Crippen molar-refractivity contribution in [3.05, 3.63) is 60.8 Å². The minimum atomic E-state index is -4.76. The van der Waals surface area contributed by atoms with Gasteiger partial charge in [0.1, 0.15) is 12.7 Å². The fourth-order valence-electron chi connectivity index (χ4n) is 9.05. The molecule has 2 N–H and O–H groups in total. The minimum absolute atomic E-state index is 0.149. The van der Waals surface area contributed by atoms with Gasteiger partial charge in [0.05, 0.1) is 19.8 Å². The summed E-state index contributed by atoms with van der Waals surface area (Å²) in [4.78, 5) is 48.7. The van der Waals surface area contributed by atoms with Crippen LogP contribution in [0, 0.1) is 0 Å². The maximum atomic E-state index is 13.0. The van der Waals surface area contributed by atoms with Gasteiger partial charge < -0.3 is 24.2 Å². The lowest BCUT2D eigenvalue weighted by Gasteiger charge is -2.21. The number of phosphoric acid groups is 1. The molecule has 0 saturated heterocycles. The zero-order chi connectivity index (χ0) is 56.9. The summed E-state index contributed by atoms with van der Waals surface area (Å²) in [5, 5.41) is 9.85. The molecule has 0 radical (unpaired) electrons. The highest BCUT2D eigenvalue weighted by Crippen LogP contribution is 2.43. The van der Waals surface area contributed by atoms with E-state index in [4.69, 9.17) is 23.3 Å². The molecule has 0 fully saturated rings. The quantitative estimate of drug-likeness (QED) is 0.0197. The third kappa shape index (κ3) is 57.9. The lowest BCUT2D eigenvalue weighted by molar-refractivity contribution is -0.161. The first kappa shape index (κ1) is 75.2. The van der Waals surface area contributed by atoms with Crippen LogP contribution in [0.15, 0.2) is 60.8 Å². The summed E-state index contributed by atoms with van der Waals surface area (Å²) in [6.07, 6.45) is 67.4. The fraction of sp³-hybridized carbons (Fsp3) is 0.803. The first-order valence-electron chi connectivity index (χ1n) is 32.2. The van der Waals surface area contributed by atoms with E-state index in [1.54, 1.807) is 0 Å². The van der Waals surface area contributed by atoms with Gasteiger partial charge in [0.2, 0.25) is 0 Å². The Morgan fingerprint density at radius 1 is 0.372 bits per heavy atom. The Morgan fingerprint density at radius 2 is 0.667 bits per heavy atom. The molecule has 12 heteroatoms. The van der Waals surface area contributed by atoms with Crippen molar-refractivity contribution in [3.63, 3.8) is 0 Å². The Morgan fingerprint density at radius 3 is 1.04 bits per heavy atom. The Labute approximate surface area is 478 Å². The topological polar surface area (TPSA) is 155 Å². The van der Waals surface area contributed by atoms with Gasteiger partial charge >= 0.3 is 25.7 Å². The van der Waals surface area contributed by atoms with E-state index in [-0.39, 0.29) is 25.9 Å². The van der Waals surface area contributed by atoms with Crippen molar-refractivity contribution in [2.75, 3.05) is 26.4 Å². The maximum Gasteiger partial charge on any atom is 0.472 e. The first-order chi connectivity index (χ1) is 38.2. The van der Waals surface area contributed by atoms with E-state index in [0.29, 0.717) is 19.3 Å². The normalized spacial score (nSPS) is 13.7. The Kier molecular flexibility index (Phi) is 58.1. The molecule has 0 saturated carbocycles. The highest BCUT2D eigenvalue weighted by Gasteiger charge is 2.28. The standard InChI is InChI=1S/C66H119O11P/c1-4-7-10-13-16-19-22-25-28-30-31-33-36-39-42-45-48-51-54-57-66(70)77-63(59-73-64(68)55-52-49-46-43-40-37-34-27-24-21-18-15-12-9-6-3)61-75-78(71,72)74-60-62(58-67)76-65(69)56-53-50-47-44-41-38-35-32-29-26-23-20-17-14-11-8-5-2/h8,11,17,20,26-27,29,34-35,38,62-63,67H,4-7,9-10,12-16,18-19,21-25,28,30-33,36-37,39-61H2,1-3H3,(H,71,72)/b11-8-,20-17-,29-26-,34-27-,38-35-. The molecule has 0 aromatic carbocycles. The van der Waals surface area contributed by atoms with Gasteiger partial charge in [-0.05, 0) is 83.5 Å². The third-order valence-electron chi connectivity index (χ3n) is 13.9. The number of ether oxygens (including phenoxy) is 3. The monoisotopic (exact) mass is 1120 g/mol. The van der Waals surface area contributed by atoms with Gasteiger partial charge in [-0.2, -0.15) is 0 Å². The lowest BCUT2D eigenvalue weighted by Crippen LogP contribution is -2.30. The second kappa shape index (κ2) is 60.3. The van der Waals surface area contributed by atoms with E-state index >= 15 is 0 Å². The van der Waals surface area contributed by atoms with Crippen LogP contribution in [0.1, 0.15) is 303 Å². The Bertz CT molecular complexity index is 1540. The summed E-state index contributed by atoms with van der Waals surface area (Å²) in [5.41, 5.74) is 0. The zero-order valence-corrected chi connectivity index (χ0v) is 51.3. The molecule has 0 amide bonds. The van der Waals surface area contributed by atoms with Crippen molar-refractivity contribution in [2.24, 2.45) is 0 Å². The minimum Gasteiger partial charge on any atom is -0.462 e. The van der Waals surface area contributed by atoms with Crippen molar-refractivity contribution in [1.29, 1.82) is 0 Å². The van der Waals surface area contributed by atoms with Gasteiger partial charge in [-0.25, -0.2) is 4.57 Å². The molecular formula is C66H119O11P. The molecule has 454 valence electrons. The molecule has 0 aliphatic heterocycles. The molecule has 0 spiro atoms. The van der Waals surface area contributed by atoms with Gasteiger partial charge in [0, 0.05) is 19.3 Å². The number of allylic oxidation sites excluding steroid dienone is 10. The number of esters is 3. The predicted molar refractivity (Wildman–Crippen MR) is 325 cm³/mol. The van der Waals surface area contributed by atoms with Crippen LogP contribution in [-0.2, 0) is 42.2 Å². The van der Waals surface area contributed by atoms with Crippen LogP contribution in [0.3, 0.4) is 0 Å². The second-order valence-electron chi connectivity index (χ2n) is 21.6. The summed E-state index contributed by atoms with van der Waals surface area (Å²) in [6.45, 7) is 4.55. The largest absolute Gasteiger partial charge is 0.472 e. The van der Waals surface area contributed by atoms with Crippen molar-refractivity contribution in [2.45, 2.75) is 315 Å². The molecule has 0 heterocycles. The number of unbranched alkanes of at least 4 members (excludes halogenated alkanes) is 33. The number of phosphoric ester groups is 1. The van der Waals surface area contributed by atoms with Crippen molar-refractivity contribution < 1.29 is 52.2 Å². The van der Waals surface area contributed by atoms with Crippen LogP contribution in [0.2, 0.25) is 0 Å². The van der Waals surface area contributed by atoms with E-state index in [2.05, 4.69) is 81.5 Å². The Balaban J connectivity index is 4.70. The smallest absolute Gasteiger partial charge is 0.462 e. The maximum absolute atomic E-state index is 13.0. The van der Waals surface area contributed by atoms with Crippen LogP contribution in [0.25, 0.3) is 0 Å². The number of aliphatic hydroxyl groups excluding tert-OH is 1. The highest BCUT2D eigenvalue weighted by molar-refractivity contribution is 7.47. The third-order valence-corrected chi connectivity index (χ3v) is 14.9. The van der Waals surface area contributed by atoms with Crippen LogP contribution in [-0.4, -0.2) is 66.5 Å². The summed E-state index contributed by atoms with van der Waals surface area (Å²) in [6, 6.07) is 0. The number of hydrogen-bond donors (Lipinski definition) is 2. The molecule has 0 rings (SSSR count). The lowest BCUT2D eigenvalue weighted by atomic mass is 10.0. The number of rotatable bonds is 60. The molecule has 0 aromatic rings. The molecule has 0 aromatic heterocycles. The molecule has 11 nitrogen and oxygen atoms in total. The van der Waals surface area contributed by atoms with Crippen LogP contribution >= 0.6 is 7.82 Å². The summed E-state index contributed by atoms with van der Waals surface area (Å²) in [7, 11) is -4.76. The van der Waals surface area contributed by atoms with Crippen LogP contribution in [0.5, 0.6) is 0 Å². The van der Waals surface area contributed by atoms with Gasteiger partial charge in [-0.1, -0.05) is 261 Å². The Hall–Kier alpha value is -2.82. The van der Waals surface area contributed by atoms with Gasteiger partial charge in [0.15, 0.2) is 6.10 Å². The highest BCUT2D eigenvalue weighted by atomic mass is 31.2. The SMILES string of the molecule is CC/C=C\C/C=C\C/C=C\C/C=C\CCCCCCC(=O)OC(CO)COP(=O)(O)OCC(COC(=O)CCCCCCC/C=C\CCCCCCCC)OC(=O)CCCCCCCCCCCCCCCCCCCCC. The molecule has 0 aliphatic rings. The van der Waals surface area contributed by atoms with Crippen molar-refractivity contribution in [3.8, 4) is 0 Å². The average Bonchev–Trinajstić information content (AvgIpc) is 3.43. The van der Waals surface area contributed by atoms with Gasteiger partial charge in [-0.15, -0.1) is 0 Å². The predicted octanol–water partition coefficient (Wildman–Crippen LogP) is 19.5. The summed E-state index contributed by atoms with van der Waals surface area (Å²) in [5.74, 6) is -1.48. The second-order valence-corrected chi connectivity index (χ2v) is 23.0. The number of carbonyl (C=O) groups is 3. The van der Waals surface area contributed by atoms with E-state index in [9.17, 15) is 28.9 Å². The summed E-state index contributed by atoms with van der Waals surface area (Å²) >= 11 is 0. The van der Waals surface area contributed by atoms with Gasteiger partial charge in [0.25, 0.3) is 0 Å². The van der Waals surface area contributed by atoms with E-state index in [1.165, 1.54) is 135 Å². The molecule has 0 aliphatic carbocycles. The van der Waals surface area contributed by atoms with Gasteiger partial charge in [-0.3, -0.25) is 23.4 Å². The molecule has 3 unspecified atom stereocenters. The fourth-order valence-corrected chi connectivity index (χ4v) is 9.83. The van der Waals surface area contributed by atoms with E-state index < -0.39 is 57.8 Å². The number of aliphatic hydroxyl groups is 1. The average molecular weight is 1120 g/mol.